The van der Waals surface area contributed by atoms with Gasteiger partial charge in [0.1, 0.15) is 5.82 Å². The molecule has 1 aromatic carbocycles. The largest absolute Gasteiger partial charge is 0.378 e. The molecule has 0 spiro atoms. The van der Waals surface area contributed by atoms with Crippen LogP contribution in [0.15, 0.2) is 66.9 Å². The van der Waals surface area contributed by atoms with Gasteiger partial charge in [-0.15, -0.1) is 10.2 Å². The molecule has 0 unspecified atom stereocenters. The molecule has 3 aromatic rings. The zero-order valence-corrected chi connectivity index (χ0v) is 15.4. The molecule has 0 saturated carbocycles. The van der Waals surface area contributed by atoms with Crippen LogP contribution in [0.2, 0.25) is 0 Å². The third-order valence-electron chi connectivity index (χ3n) is 4.56. The van der Waals surface area contributed by atoms with Crippen LogP contribution in [0.1, 0.15) is 16.1 Å². The molecule has 0 atom stereocenters. The molecule has 7 heteroatoms. The number of morpholine rings is 1. The third-order valence-corrected chi connectivity index (χ3v) is 4.56. The zero-order valence-electron chi connectivity index (χ0n) is 15.4. The van der Waals surface area contributed by atoms with Gasteiger partial charge in [0.2, 0.25) is 0 Å². The van der Waals surface area contributed by atoms with Crippen LogP contribution in [0.3, 0.4) is 0 Å². The number of aromatic nitrogens is 3. The molecule has 0 aliphatic carbocycles. The number of nitrogens with zero attached hydrogens (tertiary/aromatic N) is 5. The lowest BCUT2D eigenvalue weighted by molar-refractivity contribution is 0.0978. The smallest absolute Gasteiger partial charge is 0.280 e. The summed E-state index contributed by atoms with van der Waals surface area (Å²) in [6.07, 6.45) is 1.67. The van der Waals surface area contributed by atoms with E-state index in [1.807, 2.05) is 54.6 Å². The van der Waals surface area contributed by atoms with Crippen molar-refractivity contribution < 1.29 is 9.53 Å². The Kier molecular flexibility index (Phi) is 5.53. The molecule has 1 fully saturated rings. The summed E-state index contributed by atoms with van der Waals surface area (Å²) in [6.45, 7) is 3.30. The average molecular weight is 375 g/mol. The molecule has 3 heterocycles. The predicted octanol–water partition coefficient (Wildman–Crippen LogP) is 2.56. The lowest BCUT2D eigenvalue weighted by Gasteiger charge is -2.27. The van der Waals surface area contributed by atoms with Crippen molar-refractivity contribution in [3.8, 4) is 0 Å². The van der Waals surface area contributed by atoms with E-state index in [1.165, 1.54) is 0 Å². The van der Waals surface area contributed by atoms with Gasteiger partial charge in [0.25, 0.3) is 5.91 Å². The van der Waals surface area contributed by atoms with Crippen LogP contribution in [0.25, 0.3) is 0 Å². The molecule has 1 aliphatic rings. The number of rotatable bonds is 5. The molecule has 0 N–H and O–H groups in total. The van der Waals surface area contributed by atoms with E-state index in [2.05, 4.69) is 20.1 Å². The van der Waals surface area contributed by atoms with Crippen LogP contribution < -0.4 is 9.80 Å². The Balaban J connectivity index is 1.58. The van der Waals surface area contributed by atoms with E-state index in [-0.39, 0.29) is 5.91 Å². The monoisotopic (exact) mass is 375 g/mol. The van der Waals surface area contributed by atoms with Gasteiger partial charge in [-0.3, -0.25) is 9.69 Å². The maximum atomic E-state index is 13.2. The number of carbonyl (C=O) groups is 1. The number of benzene rings is 1. The van der Waals surface area contributed by atoms with E-state index in [4.69, 9.17) is 4.74 Å². The molecular weight excluding hydrogens is 354 g/mol. The summed E-state index contributed by atoms with van der Waals surface area (Å²) in [4.78, 5) is 21.3. The van der Waals surface area contributed by atoms with Crippen molar-refractivity contribution in [3.05, 3.63) is 78.1 Å². The molecule has 0 bridgehead atoms. The number of ether oxygens (including phenoxy) is 1. The number of hydrogen-bond acceptors (Lipinski definition) is 6. The normalized spacial score (nSPS) is 13.9. The molecule has 1 amide bonds. The van der Waals surface area contributed by atoms with Gasteiger partial charge < -0.3 is 9.64 Å². The quantitative estimate of drug-likeness (QED) is 0.683. The lowest BCUT2D eigenvalue weighted by Crippen LogP contribution is -2.37. The first kappa shape index (κ1) is 18.1. The molecular formula is C21H21N5O2. The first-order valence-electron chi connectivity index (χ1n) is 9.24. The molecule has 1 aliphatic heterocycles. The van der Waals surface area contributed by atoms with Gasteiger partial charge in [-0.05, 0) is 29.8 Å². The summed E-state index contributed by atoms with van der Waals surface area (Å²) in [5.74, 6) is 1.10. The van der Waals surface area contributed by atoms with E-state index < -0.39 is 0 Å². The highest BCUT2D eigenvalue weighted by atomic mass is 16.5. The lowest BCUT2D eigenvalue weighted by atomic mass is 10.2. The molecule has 2 aromatic heterocycles. The number of carbonyl (C=O) groups excluding carboxylic acids is 1. The summed E-state index contributed by atoms with van der Waals surface area (Å²) >= 11 is 0. The minimum absolute atomic E-state index is 0.233. The van der Waals surface area contributed by atoms with Gasteiger partial charge in [-0.2, -0.15) is 0 Å². The third kappa shape index (κ3) is 4.15. The van der Waals surface area contributed by atoms with Gasteiger partial charge in [0.15, 0.2) is 11.5 Å². The molecule has 7 nitrogen and oxygen atoms in total. The van der Waals surface area contributed by atoms with E-state index >= 15 is 0 Å². The second kappa shape index (κ2) is 8.58. The van der Waals surface area contributed by atoms with Crippen molar-refractivity contribution in [3.63, 3.8) is 0 Å². The zero-order chi connectivity index (χ0) is 19.2. The van der Waals surface area contributed by atoms with Crippen LogP contribution in [0, 0.1) is 0 Å². The summed E-state index contributed by atoms with van der Waals surface area (Å²) in [6, 6.07) is 18.9. The van der Waals surface area contributed by atoms with Gasteiger partial charge in [-0.1, -0.05) is 36.4 Å². The Morgan fingerprint density at radius 1 is 0.964 bits per heavy atom. The number of pyridine rings is 1. The van der Waals surface area contributed by atoms with Crippen molar-refractivity contribution in [2.45, 2.75) is 6.54 Å². The number of hydrogen-bond donors (Lipinski definition) is 0. The summed E-state index contributed by atoms with van der Waals surface area (Å²) in [5.41, 5.74) is 1.30. The van der Waals surface area contributed by atoms with Crippen molar-refractivity contribution in [1.29, 1.82) is 0 Å². The SMILES string of the molecule is O=C(c1ccc(N2CCOCC2)nn1)N(Cc1ccccc1)c1ccccn1. The van der Waals surface area contributed by atoms with E-state index in [0.717, 1.165) is 24.5 Å². The fraction of sp³-hybridized carbons (Fsp3) is 0.238. The Labute approximate surface area is 163 Å². The van der Waals surface area contributed by atoms with Crippen LogP contribution >= 0.6 is 0 Å². The molecule has 1 saturated heterocycles. The van der Waals surface area contributed by atoms with Gasteiger partial charge in [-0.25, -0.2) is 4.98 Å². The molecule has 28 heavy (non-hydrogen) atoms. The summed E-state index contributed by atoms with van der Waals surface area (Å²) < 4.78 is 5.36. The predicted molar refractivity (Wildman–Crippen MR) is 106 cm³/mol. The van der Waals surface area contributed by atoms with E-state index in [0.29, 0.717) is 31.3 Å². The van der Waals surface area contributed by atoms with Crippen molar-refractivity contribution in [2.75, 3.05) is 36.1 Å². The molecule has 0 radical (unpaired) electrons. The van der Waals surface area contributed by atoms with Crippen molar-refractivity contribution in [2.24, 2.45) is 0 Å². The second-order valence-electron chi connectivity index (χ2n) is 6.44. The maximum absolute atomic E-state index is 13.2. The number of amides is 1. The van der Waals surface area contributed by atoms with Gasteiger partial charge in [0, 0.05) is 19.3 Å². The van der Waals surface area contributed by atoms with Gasteiger partial charge >= 0.3 is 0 Å². The minimum atomic E-state index is -0.233. The Morgan fingerprint density at radius 2 is 1.75 bits per heavy atom. The van der Waals surface area contributed by atoms with Gasteiger partial charge in [0.05, 0.1) is 19.8 Å². The molecule has 4 rings (SSSR count). The highest BCUT2D eigenvalue weighted by Gasteiger charge is 2.21. The standard InChI is InChI=1S/C21H21N5O2/c27-21(18-9-10-20(24-23-18)25-12-14-28-15-13-25)26(19-8-4-5-11-22-19)16-17-6-2-1-3-7-17/h1-11H,12-16H2. The summed E-state index contributed by atoms with van der Waals surface area (Å²) in [7, 11) is 0. The highest BCUT2D eigenvalue weighted by Crippen LogP contribution is 2.18. The highest BCUT2D eigenvalue weighted by molar-refractivity contribution is 6.04. The van der Waals surface area contributed by atoms with Crippen LogP contribution in [-0.4, -0.2) is 47.4 Å². The van der Waals surface area contributed by atoms with Crippen LogP contribution in [0.5, 0.6) is 0 Å². The van der Waals surface area contributed by atoms with Crippen molar-refractivity contribution in [1.82, 2.24) is 15.2 Å². The Bertz CT molecular complexity index is 897. The second-order valence-corrected chi connectivity index (χ2v) is 6.44. The van der Waals surface area contributed by atoms with Crippen LogP contribution in [0.4, 0.5) is 11.6 Å². The van der Waals surface area contributed by atoms with Crippen LogP contribution in [-0.2, 0) is 11.3 Å². The fourth-order valence-electron chi connectivity index (χ4n) is 3.07. The fourth-order valence-corrected chi connectivity index (χ4v) is 3.07. The van der Waals surface area contributed by atoms with E-state index in [9.17, 15) is 4.79 Å². The maximum Gasteiger partial charge on any atom is 0.280 e. The topological polar surface area (TPSA) is 71.5 Å². The van der Waals surface area contributed by atoms with E-state index in [1.54, 1.807) is 17.2 Å². The average Bonchev–Trinajstić information content (AvgIpc) is 2.79. The summed E-state index contributed by atoms with van der Waals surface area (Å²) in [5, 5.41) is 8.45. The minimum Gasteiger partial charge on any atom is -0.378 e. The van der Waals surface area contributed by atoms with Crippen molar-refractivity contribution >= 4 is 17.5 Å². The number of anilines is 2. The molecule has 142 valence electrons. The Hall–Kier alpha value is -3.32. The Morgan fingerprint density at radius 3 is 2.43 bits per heavy atom. The first-order valence-corrected chi connectivity index (χ1v) is 9.24. The first-order chi connectivity index (χ1) is 13.8.